The summed E-state index contributed by atoms with van der Waals surface area (Å²) in [6, 6.07) is 12.4. The minimum absolute atomic E-state index is 0.206. The maximum absolute atomic E-state index is 12.8. The van der Waals surface area contributed by atoms with Crippen LogP contribution in [0.2, 0.25) is 0 Å². The van der Waals surface area contributed by atoms with Crippen molar-refractivity contribution in [3.63, 3.8) is 0 Å². The minimum Gasteiger partial charge on any atom is -0.426 e. The van der Waals surface area contributed by atoms with E-state index in [1.165, 1.54) is 6.92 Å². The van der Waals surface area contributed by atoms with Gasteiger partial charge in [-0.05, 0) is 86.9 Å². The maximum atomic E-state index is 12.8. The molecule has 1 aliphatic carbocycles. The number of unbranched alkanes of at least 4 members (excludes halogenated alkanes) is 4. The molecule has 2 aromatic rings. The molecule has 8 nitrogen and oxygen atoms in total. The Kier molecular flexibility index (Phi) is 14.3. The van der Waals surface area contributed by atoms with Crippen molar-refractivity contribution in [1.82, 2.24) is 5.32 Å². The van der Waals surface area contributed by atoms with Crippen LogP contribution in [-0.4, -0.2) is 56.2 Å². The third kappa shape index (κ3) is 11.1. The summed E-state index contributed by atoms with van der Waals surface area (Å²) >= 11 is 0. The van der Waals surface area contributed by atoms with Crippen LogP contribution >= 0.6 is 0 Å². The molecule has 41 heavy (non-hydrogen) atoms. The van der Waals surface area contributed by atoms with Crippen LogP contribution in [0.3, 0.4) is 0 Å². The van der Waals surface area contributed by atoms with Crippen LogP contribution in [0.15, 0.2) is 47.4 Å². The molecule has 0 saturated heterocycles. The number of aliphatic hydroxyl groups excluding tert-OH is 2. The highest BCUT2D eigenvalue weighted by Gasteiger charge is 2.30. The standard InChI is InChI=1S/C32H47NO7S/c1-25(35)40-32-17-16-27(22-28(32)24-34)31(36)23-33-18-7-2-3-8-19-39-20-9-6-11-26-12-10-15-30(21-26)41(37,38)29-13-4-5-14-29/h10,12,15-17,21-22,29,31,33-34,36H,2-9,11,13-14,18-20,23-24H2,1H3. The molecule has 1 aliphatic rings. The number of benzene rings is 2. The fraction of sp³-hybridized carbons (Fsp3) is 0.594. The van der Waals surface area contributed by atoms with E-state index in [-0.39, 0.29) is 11.9 Å². The molecule has 228 valence electrons. The Morgan fingerprint density at radius 3 is 2.46 bits per heavy atom. The van der Waals surface area contributed by atoms with Crippen molar-refractivity contribution >= 4 is 15.8 Å². The van der Waals surface area contributed by atoms with Crippen molar-refractivity contribution in [1.29, 1.82) is 0 Å². The summed E-state index contributed by atoms with van der Waals surface area (Å²) in [5.74, 6) is -0.145. The monoisotopic (exact) mass is 589 g/mol. The SMILES string of the molecule is CC(=O)Oc1ccc(C(O)CNCCCCCCOCCCCc2cccc(S(=O)(=O)C3CCCC3)c2)cc1CO. The zero-order valence-electron chi connectivity index (χ0n) is 24.4. The Balaban J connectivity index is 1.18. The Labute approximate surface area is 245 Å². The lowest BCUT2D eigenvalue weighted by molar-refractivity contribution is -0.131. The van der Waals surface area contributed by atoms with Gasteiger partial charge in [-0.2, -0.15) is 0 Å². The van der Waals surface area contributed by atoms with E-state index in [4.69, 9.17) is 9.47 Å². The van der Waals surface area contributed by atoms with Gasteiger partial charge in [-0.15, -0.1) is 0 Å². The van der Waals surface area contributed by atoms with E-state index in [9.17, 15) is 23.4 Å². The van der Waals surface area contributed by atoms with Gasteiger partial charge in [0, 0.05) is 32.2 Å². The van der Waals surface area contributed by atoms with E-state index in [2.05, 4.69) is 5.32 Å². The molecular formula is C32H47NO7S. The number of rotatable bonds is 19. The second kappa shape index (κ2) is 17.6. The fourth-order valence-electron chi connectivity index (χ4n) is 5.25. The van der Waals surface area contributed by atoms with Gasteiger partial charge in [0.05, 0.1) is 22.9 Å². The molecule has 0 radical (unpaired) electrons. The number of carbonyl (C=O) groups is 1. The molecule has 3 rings (SSSR count). The second-order valence-corrected chi connectivity index (χ2v) is 13.1. The molecule has 1 saturated carbocycles. The van der Waals surface area contributed by atoms with Crippen LogP contribution < -0.4 is 10.1 Å². The van der Waals surface area contributed by atoms with Crippen LogP contribution in [0.4, 0.5) is 0 Å². The van der Waals surface area contributed by atoms with E-state index in [0.717, 1.165) is 96.0 Å². The molecule has 1 atom stereocenters. The van der Waals surface area contributed by atoms with Crippen molar-refractivity contribution in [2.75, 3.05) is 26.3 Å². The highest BCUT2D eigenvalue weighted by molar-refractivity contribution is 7.92. The summed E-state index contributed by atoms with van der Waals surface area (Å²) in [5.41, 5.74) is 2.21. The third-order valence-corrected chi connectivity index (χ3v) is 9.86. The first-order valence-electron chi connectivity index (χ1n) is 15.0. The van der Waals surface area contributed by atoms with E-state index in [1.807, 2.05) is 18.2 Å². The van der Waals surface area contributed by atoms with Gasteiger partial charge in [-0.1, -0.05) is 43.9 Å². The molecule has 9 heteroatoms. The van der Waals surface area contributed by atoms with Crippen molar-refractivity contribution in [2.45, 2.75) is 100 Å². The Morgan fingerprint density at radius 2 is 1.73 bits per heavy atom. The minimum atomic E-state index is -3.20. The van der Waals surface area contributed by atoms with Crippen molar-refractivity contribution in [2.24, 2.45) is 0 Å². The zero-order valence-corrected chi connectivity index (χ0v) is 25.2. The zero-order chi connectivity index (χ0) is 29.5. The Morgan fingerprint density at radius 1 is 1.00 bits per heavy atom. The largest absolute Gasteiger partial charge is 0.426 e. The number of hydrogen-bond donors (Lipinski definition) is 3. The summed E-state index contributed by atoms with van der Waals surface area (Å²) in [5, 5.41) is 23.0. The number of carbonyl (C=O) groups excluding carboxylic acids is 1. The molecule has 0 heterocycles. The predicted octanol–water partition coefficient (Wildman–Crippen LogP) is 5.04. The van der Waals surface area contributed by atoms with Crippen molar-refractivity contribution < 1.29 is 32.9 Å². The Bertz CT molecular complexity index is 1180. The number of aryl methyl sites for hydroxylation is 1. The quantitative estimate of drug-likeness (QED) is 0.118. The lowest BCUT2D eigenvalue weighted by Gasteiger charge is -2.15. The molecule has 0 aromatic heterocycles. The molecule has 1 fully saturated rings. The van der Waals surface area contributed by atoms with Crippen LogP contribution in [0.1, 0.15) is 93.9 Å². The first-order chi connectivity index (χ1) is 19.8. The van der Waals surface area contributed by atoms with Crippen molar-refractivity contribution in [3.8, 4) is 5.75 Å². The third-order valence-electron chi connectivity index (χ3n) is 7.60. The lowest BCUT2D eigenvalue weighted by Crippen LogP contribution is -2.22. The number of aliphatic hydroxyl groups is 2. The highest BCUT2D eigenvalue weighted by Crippen LogP contribution is 2.30. The maximum Gasteiger partial charge on any atom is 0.308 e. The van der Waals surface area contributed by atoms with Crippen LogP contribution in [0.25, 0.3) is 0 Å². The number of esters is 1. The first kappa shape index (κ1) is 33.2. The molecule has 1 unspecified atom stereocenters. The van der Waals surface area contributed by atoms with E-state index >= 15 is 0 Å². The van der Waals surface area contributed by atoms with Crippen LogP contribution in [0.5, 0.6) is 5.75 Å². The van der Waals surface area contributed by atoms with E-state index in [1.54, 1.807) is 24.3 Å². The number of nitrogens with one attached hydrogen (secondary N) is 1. The smallest absolute Gasteiger partial charge is 0.308 e. The van der Waals surface area contributed by atoms with Gasteiger partial charge in [0.1, 0.15) is 5.75 Å². The highest BCUT2D eigenvalue weighted by atomic mass is 32.2. The van der Waals surface area contributed by atoms with Gasteiger partial charge < -0.3 is 25.0 Å². The average molecular weight is 590 g/mol. The van der Waals surface area contributed by atoms with Gasteiger partial charge in [-0.3, -0.25) is 4.79 Å². The van der Waals surface area contributed by atoms with E-state index in [0.29, 0.717) is 28.3 Å². The molecule has 2 aromatic carbocycles. The summed E-state index contributed by atoms with van der Waals surface area (Å²) in [7, 11) is -3.20. The van der Waals surface area contributed by atoms with Gasteiger partial charge in [0.25, 0.3) is 0 Å². The normalized spacial score (nSPS) is 14.8. The van der Waals surface area contributed by atoms with Gasteiger partial charge in [-0.25, -0.2) is 8.42 Å². The van der Waals surface area contributed by atoms with Gasteiger partial charge >= 0.3 is 5.97 Å². The molecule has 0 spiro atoms. The van der Waals surface area contributed by atoms with Gasteiger partial charge in [0.15, 0.2) is 9.84 Å². The van der Waals surface area contributed by atoms with E-state index < -0.39 is 21.9 Å². The summed E-state index contributed by atoms with van der Waals surface area (Å²) in [6.07, 6.45) is 9.87. The molecular weight excluding hydrogens is 542 g/mol. The first-order valence-corrected chi connectivity index (χ1v) is 16.6. The van der Waals surface area contributed by atoms with Crippen molar-refractivity contribution in [3.05, 3.63) is 59.2 Å². The second-order valence-electron chi connectivity index (χ2n) is 10.9. The fourth-order valence-corrected chi connectivity index (χ4v) is 7.18. The average Bonchev–Trinajstić information content (AvgIpc) is 3.52. The molecule has 0 aliphatic heterocycles. The van der Waals surface area contributed by atoms with Gasteiger partial charge in [0.2, 0.25) is 0 Å². The molecule has 3 N–H and O–H groups in total. The molecule has 0 amide bonds. The van der Waals surface area contributed by atoms with Crippen LogP contribution in [-0.2, 0) is 32.4 Å². The van der Waals surface area contributed by atoms with Crippen LogP contribution in [0, 0.1) is 0 Å². The summed E-state index contributed by atoms with van der Waals surface area (Å²) in [4.78, 5) is 11.6. The number of hydrogen-bond acceptors (Lipinski definition) is 8. The Hall–Kier alpha value is -2.30. The summed E-state index contributed by atoms with van der Waals surface area (Å²) < 4.78 is 36.5. The molecule has 0 bridgehead atoms. The summed E-state index contributed by atoms with van der Waals surface area (Å²) in [6.45, 7) is 3.71. The predicted molar refractivity (Wildman–Crippen MR) is 160 cm³/mol. The topological polar surface area (TPSA) is 122 Å². The lowest BCUT2D eigenvalue weighted by atomic mass is 10.1. The number of ether oxygens (including phenoxy) is 2. The number of sulfone groups is 1.